The summed E-state index contributed by atoms with van der Waals surface area (Å²) in [7, 11) is 2.95. The molecule has 1 atom stereocenters. The van der Waals surface area contributed by atoms with Crippen LogP contribution in [-0.2, 0) is 4.74 Å². The van der Waals surface area contributed by atoms with E-state index in [1.165, 1.54) is 30.1 Å². The van der Waals surface area contributed by atoms with Gasteiger partial charge in [-0.15, -0.1) is 0 Å². The monoisotopic (exact) mass is 401 g/mol. The molecule has 0 saturated carbocycles. The Kier molecular flexibility index (Phi) is 5.58. The molecule has 0 aromatic carbocycles. The van der Waals surface area contributed by atoms with Crippen molar-refractivity contribution in [3.63, 3.8) is 0 Å². The molecule has 2 N–H and O–H groups in total. The Hall–Kier alpha value is -3.42. The van der Waals surface area contributed by atoms with Gasteiger partial charge < -0.3 is 20.1 Å². The fourth-order valence-corrected chi connectivity index (χ4v) is 2.74. The number of nitrogens with zero attached hydrogens (tertiary/aromatic N) is 5. The number of halogens is 1. The van der Waals surface area contributed by atoms with Crippen molar-refractivity contribution in [3.05, 3.63) is 40.9 Å². The molecule has 3 aromatic heterocycles. The fourth-order valence-electron chi connectivity index (χ4n) is 2.57. The van der Waals surface area contributed by atoms with Gasteiger partial charge in [-0.25, -0.2) is 19.3 Å². The van der Waals surface area contributed by atoms with Crippen molar-refractivity contribution in [3.8, 4) is 11.9 Å². The molecule has 0 saturated heterocycles. The molecule has 11 heteroatoms. The number of nitriles is 1. The van der Waals surface area contributed by atoms with Crippen LogP contribution in [0.25, 0.3) is 5.65 Å². The highest BCUT2D eigenvalue weighted by Gasteiger charge is 2.19. The topological polar surface area (TPSA) is 126 Å². The third-order valence-electron chi connectivity index (χ3n) is 3.90. The second-order valence-electron chi connectivity index (χ2n) is 5.64. The Balaban J connectivity index is 1.88. The minimum atomic E-state index is -0.556. The van der Waals surface area contributed by atoms with Crippen LogP contribution in [0.5, 0.6) is 5.88 Å². The Bertz CT molecular complexity index is 1080. The number of hydrogen-bond donors (Lipinski definition) is 2. The van der Waals surface area contributed by atoms with Gasteiger partial charge >= 0.3 is 6.03 Å². The van der Waals surface area contributed by atoms with E-state index in [-0.39, 0.29) is 16.6 Å². The molecule has 0 fully saturated rings. The summed E-state index contributed by atoms with van der Waals surface area (Å²) in [6, 6.07) is 4.46. The highest BCUT2D eigenvalue weighted by atomic mass is 35.5. The third-order valence-corrected chi connectivity index (χ3v) is 4.09. The minimum absolute atomic E-state index is 0.176. The average Bonchev–Trinajstić information content (AvgIpc) is 3.07. The van der Waals surface area contributed by atoms with E-state index >= 15 is 0 Å². The number of rotatable bonds is 5. The quantitative estimate of drug-likeness (QED) is 0.672. The number of amides is 2. The number of fused-ring (bicyclic) bond motifs is 1. The Morgan fingerprint density at radius 3 is 2.75 bits per heavy atom. The van der Waals surface area contributed by atoms with E-state index in [0.29, 0.717) is 22.7 Å². The first-order valence-electron chi connectivity index (χ1n) is 8.06. The number of pyridine rings is 1. The lowest BCUT2D eigenvalue weighted by Crippen LogP contribution is -2.22. The van der Waals surface area contributed by atoms with Gasteiger partial charge in [-0.1, -0.05) is 11.6 Å². The van der Waals surface area contributed by atoms with Crippen molar-refractivity contribution < 1.29 is 14.3 Å². The van der Waals surface area contributed by atoms with Crippen LogP contribution in [-0.4, -0.2) is 39.8 Å². The molecule has 3 heterocycles. The standard InChI is InChI=1S/C17H16ClN7O3/c1-9(27-2)15-12(8-20-14-5-13(18)24-25(14)15)23-17(26)22-11-4-10(6-19)16(28-3)21-7-11/h4-5,7-9H,1-3H3,(H2,22,23,26)/t9-/m0/s1. The van der Waals surface area contributed by atoms with E-state index in [1.54, 1.807) is 20.1 Å². The van der Waals surface area contributed by atoms with Crippen LogP contribution < -0.4 is 15.4 Å². The molecule has 2 amide bonds. The molecule has 0 radical (unpaired) electrons. The molecular formula is C17H16ClN7O3. The molecule has 0 unspecified atom stereocenters. The van der Waals surface area contributed by atoms with Gasteiger partial charge in [0.1, 0.15) is 11.6 Å². The number of anilines is 2. The van der Waals surface area contributed by atoms with Crippen molar-refractivity contribution in [1.82, 2.24) is 19.6 Å². The zero-order chi connectivity index (χ0) is 20.3. The number of nitrogens with one attached hydrogen (secondary N) is 2. The molecule has 10 nitrogen and oxygen atoms in total. The predicted molar refractivity (Wildman–Crippen MR) is 102 cm³/mol. The van der Waals surface area contributed by atoms with Crippen molar-refractivity contribution in [2.24, 2.45) is 0 Å². The molecule has 0 bridgehead atoms. The first kappa shape index (κ1) is 19.3. The van der Waals surface area contributed by atoms with Gasteiger partial charge in [-0.05, 0) is 13.0 Å². The molecule has 28 heavy (non-hydrogen) atoms. The summed E-state index contributed by atoms with van der Waals surface area (Å²) in [5, 5.41) is 18.9. The lowest BCUT2D eigenvalue weighted by Gasteiger charge is -2.17. The number of aromatic nitrogens is 4. The second-order valence-corrected chi connectivity index (χ2v) is 6.03. The normalized spacial score (nSPS) is 11.7. The van der Waals surface area contributed by atoms with E-state index in [4.69, 9.17) is 26.3 Å². The molecule has 0 aliphatic heterocycles. The van der Waals surface area contributed by atoms with E-state index < -0.39 is 12.1 Å². The van der Waals surface area contributed by atoms with Gasteiger partial charge in [0.05, 0.1) is 42.7 Å². The largest absolute Gasteiger partial charge is 0.480 e. The van der Waals surface area contributed by atoms with E-state index in [1.807, 2.05) is 6.07 Å². The van der Waals surface area contributed by atoms with Crippen LogP contribution >= 0.6 is 11.6 Å². The molecule has 0 aliphatic carbocycles. The Labute approximate surface area is 165 Å². The summed E-state index contributed by atoms with van der Waals surface area (Å²) in [4.78, 5) is 20.7. The fraction of sp³-hybridized carbons (Fsp3) is 0.235. The molecule has 3 rings (SSSR count). The number of carbonyl (C=O) groups excluding carboxylic acids is 1. The lowest BCUT2D eigenvalue weighted by atomic mass is 10.2. The number of hydrogen-bond acceptors (Lipinski definition) is 7. The maximum Gasteiger partial charge on any atom is 0.323 e. The maximum absolute atomic E-state index is 12.5. The zero-order valence-corrected chi connectivity index (χ0v) is 16.0. The van der Waals surface area contributed by atoms with Gasteiger partial charge in [0.2, 0.25) is 5.88 Å². The van der Waals surface area contributed by atoms with Crippen molar-refractivity contribution >= 4 is 34.7 Å². The van der Waals surface area contributed by atoms with Gasteiger partial charge in [-0.2, -0.15) is 10.4 Å². The first-order valence-corrected chi connectivity index (χ1v) is 8.43. The molecule has 3 aromatic rings. The van der Waals surface area contributed by atoms with Crippen molar-refractivity contribution in [2.75, 3.05) is 24.9 Å². The van der Waals surface area contributed by atoms with Crippen LogP contribution in [0.1, 0.15) is 24.3 Å². The van der Waals surface area contributed by atoms with Gasteiger partial charge in [0, 0.05) is 13.2 Å². The van der Waals surface area contributed by atoms with E-state index in [2.05, 4.69) is 25.7 Å². The first-order chi connectivity index (χ1) is 13.5. The van der Waals surface area contributed by atoms with Crippen LogP contribution in [0.3, 0.4) is 0 Å². The summed E-state index contributed by atoms with van der Waals surface area (Å²) in [5.41, 5.74) is 2.00. The Morgan fingerprint density at radius 2 is 2.07 bits per heavy atom. The predicted octanol–water partition coefficient (Wildman–Crippen LogP) is 3.01. The van der Waals surface area contributed by atoms with Gasteiger partial charge in [0.25, 0.3) is 0 Å². The summed E-state index contributed by atoms with van der Waals surface area (Å²) in [5.74, 6) is 0.176. The number of ether oxygens (including phenoxy) is 2. The second kappa shape index (κ2) is 8.08. The number of methoxy groups -OCH3 is 2. The van der Waals surface area contributed by atoms with Crippen LogP contribution in [0.2, 0.25) is 5.15 Å². The molecular weight excluding hydrogens is 386 g/mol. The average molecular weight is 402 g/mol. The lowest BCUT2D eigenvalue weighted by molar-refractivity contribution is 0.114. The maximum atomic E-state index is 12.5. The highest BCUT2D eigenvalue weighted by molar-refractivity contribution is 6.29. The van der Waals surface area contributed by atoms with Crippen LogP contribution in [0, 0.1) is 11.3 Å². The summed E-state index contributed by atoms with van der Waals surface area (Å²) in [6.45, 7) is 1.81. The number of carbonyl (C=O) groups is 1. The van der Waals surface area contributed by atoms with Crippen LogP contribution in [0.15, 0.2) is 24.5 Å². The van der Waals surface area contributed by atoms with Crippen molar-refractivity contribution in [1.29, 1.82) is 5.26 Å². The molecule has 144 valence electrons. The van der Waals surface area contributed by atoms with E-state index in [0.717, 1.165) is 0 Å². The third kappa shape index (κ3) is 3.80. The van der Waals surface area contributed by atoms with E-state index in [9.17, 15) is 4.79 Å². The highest BCUT2D eigenvalue weighted by Crippen LogP contribution is 2.26. The molecule has 0 spiro atoms. The van der Waals surface area contributed by atoms with Crippen molar-refractivity contribution in [2.45, 2.75) is 13.0 Å². The van der Waals surface area contributed by atoms with Crippen LogP contribution in [0.4, 0.5) is 16.2 Å². The minimum Gasteiger partial charge on any atom is -0.480 e. The Morgan fingerprint density at radius 1 is 1.29 bits per heavy atom. The SMILES string of the molecule is COc1ncc(NC(=O)Nc2cnc3cc(Cl)nn3c2[C@H](C)OC)cc1C#N. The van der Waals surface area contributed by atoms with Gasteiger partial charge in [-0.3, -0.25) is 0 Å². The smallest absolute Gasteiger partial charge is 0.323 e. The number of urea groups is 1. The summed E-state index contributed by atoms with van der Waals surface area (Å²) < 4.78 is 11.9. The summed E-state index contributed by atoms with van der Waals surface area (Å²) in [6.07, 6.45) is 2.47. The zero-order valence-electron chi connectivity index (χ0n) is 15.2. The molecule has 0 aliphatic rings. The van der Waals surface area contributed by atoms with Gasteiger partial charge in [0.15, 0.2) is 10.8 Å². The summed E-state index contributed by atoms with van der Waals surface area (Å²) >= 11 is 5.97.